The zero-order chi connectivity index (χ0) is 27.2. The minimum atomic E-state index is -0.931. The molecular formula is C25H35Cl2N3O5. The Kier molecular flexibility index (Phi) is 14.7. The average molecular weight is 528 g/mol. The molecular weight excluding hydrogens is 493 g/mol. The number of hydrogen-bond donors (Lipinski definition) is 2. The van der Waals surface area contributed by atoms with Crippen molar-refractivity contribution in [2.24, 2.45) is 0 Å². The van der Waals surface area contributed by atoms with Gasteiger partial charge in [0.15, 0.2) is 0 Å². The number of methoxy groups -OCH3 is 1. The van der Waals surface area contributed by atoms with Crippen LogP contribution in [0.25, 0.3) is 0 Å². The molecule has 2 amide bonds. The Morgan fingerprint density at radius 2 is 1.54 bits per heavy atom. The van der Waals surface area contributed by atoms with E-state index in [-0.39, 0.29) is 22.3 Å². The van der Waals surface area contributed by atoms with E-state index in [1.54, 1.807) is 45.0 Å². The molecule has 1 unspecified atom stereocenters. The lowest BCUT2D eigenvalue weighted by molar-refractivity contribution is -0.143. The summed E-state index contributed by atoms with van der Waals surface area (Å²) in [5, 5.41) is 5.40. The third-order valence-corrected chi connectivity index (χ3v) is 4.39. The molecule has 0 aliphatic rings. The molecule has 2 N–H and O–H groups in total. The van der Waals surface area contributed by atoms with E-state index in [4.69, 9.17) is 32.7 Å². The summed E-state index contributed by atoms with van der Waals surface area (Å²) in [5.74, 6) is -1.05. The highest BCUT2D eigenvalue weighted by Gasteiger charge is 2.25. The number of aromatic nitrogens is 1. The first-order chi connectivity index (χ1) is 16.5. The van der Waals surface area contributed by atoms with E-state index in [9.17, 15) is 14.4 Å². The molecule has 0 fully saturated rings. The molecule has 1 heterocycles. The Labute approximate surface area is 217 Å². The summed E-state index contributed by atoms with van der Waals surface area (Å²) in [6, 6.07) is 8.76. The lowest BCUT2D eigenvalue weighted by Crippen LogP contribution is -2.45. The predicted octanol–water partition coefficient (Wildman–Crippen LogP) is 6.30. The zero-order valence-electron chi connectivity index (χ0n) is 21.5. The average Bonchev–Trinajstić information content (AvgIpc) is 2.80. The van der Waals surface area contributed by atoms with Crippen molar-refractivity contribution in [1.82, 2.24) is 10.3 Å². The second-order valence-corrected chi connectivity index (χ2v) is 8.29. The van der Waals surface area contributed by atoms with Crippen LogP contribution in [-0.4, -0.2) is 41.7 Å². The minimum absolute atomic E-state index is 0.00393. The van der Waals surface area contributed by atoms with Crippen molar-refractivity contribution in [3.05, 3.63) is 57.8 Å². The number of hydrogen-bond acceptors (Lipinski definition) is 6. The third-order valence-electron chi connectivity index (χ3n) is 3.89. The number of pyridine rings is 1. The molecule has 8 nitrogen and oxygen atoms in total. The van der Waals surface area contributed by atoms with Gasteiger partial charge in [-0.05, 0) is 50.6 Å². The molecule has 10 heteroatoms. The maximum absolute atomic E-state index is 12.4. The second-order valence-electron chi connectivity index (χ2n) is 7.55. The number of nitrogens with zero attached hydrogens (tertiary/aromatic N) is 1. The van der Waals surface area contributed by atoms with Crippen LogP contribution in [0.1, 0.15) is 64.4 Å². The summed E-state index contributed by atoms with van der Waals surface area (Å²) in [6.45, 7) is 13.2. The molecule has 2 rings (SSSR count). The maximum atomic E-state index is 12.4. The second kappa shape index (κ2) is 15.9. The Morgan fingerprint density at radius 3 is 2.03 bits per heavy atom. The zero-order valence-corrected chi connectivity index (χ0v) is 23.0. The first-order valence-electron chi connectivity index (χ1n) is 11.3. The van der Waals surface area contributed by atoms with Crippen molar-refractivity contribution in [3.63, 3.8) is 0 Å². The van der Waals surface area contributed by atoms with Crippen LogP contribution in [0, 0.1) is 0 Å². The molecule has 0 aliphatic heterocycles. The van der Waals surface area contributed by atoms with Crippen LogP contribution in [0.4, 0.5) is 10.5 Å². The highest BCUT2D eigenvalue weighted by atomic mass is 35.5. The van der Waals surface area contributed by atoms with E-state index in [2.05, 4.69) is 15.6 Å². The highest BCUT2D eigenvalue weighted by Crippen LogP contribution is 2.19. The lowest BCUT2D eigenvalue weighted by atomic mass is 10.1. The topological polar surface area (TPSA) is 107 Å². The lowest BCUT2D eigenvalue weighted by Gasteiger charge is -2.22. The van der Waals surface area contributed by atoms with Gasteiger partial charge in [-0.25, -0.2) is 14.6 Å². The standard InChI is InChI=1S/C21H23Cl2N3O5.2C2H6/c1-21(2,3)31-20(29)25-15(19(28)30-4)11-12-5-7-13(8-6-12)24-18(27)14-9-10-16(22)26-17(14)23;2*1-2/h5-10,15H,11H2,1-4H3,(H,24,27)(H,25,29);2*1-2H3. The number of carbonyl (C=O) groups excluding carboxylic acids is 3. The van der Waals surface area contributed by atoms with Crippen molar-refractivity contribution in [2.45, 2.75) is 66.5 Å². The molecule has 0 bridgehead atoms. The van der Waals surface area contributed by atoms with Gasteiger partial charge in [-0.2, -0.15) is 0 Å². The van der Waals surface area contributed by atoms with E-state index < -0.39 is 29.6 Å². The number of rotatable bonds is 6. The van der Waals surface area contributed by atoms with Gasteiger partial charge in [-0.3, -0.25) is 4.79 Å². The minimum Gasteiger partial charge on any atom is -0.467 e. The summed E-state index contributed by atoms with van der Waals surface area (Å²) < 4.78 is 9.96. The van der Waals surface area contributed by atoms with Gasteiger partial charge in [0.2, 0.25) is 0 Å². The van der Waals surface area contributed by atoms with E-state index in [0.29, 0.717) is 5.69 Å². The van der Waals surface area contributed by atoms with Crippen LogP contribution in [-0.2, 0) is 20.7 Å². The van der Waals surface area contributed by atoms with Gasteiger partial charge in [0.05, 0.1) is 12.7 Å². The van der Waals surface area contributed by atoms with Crippen molar-refractivity contribution >= 4 is 46.9 Å². The molecule has 1 atom stereocenters. The van der Waals surface area contributed by atoms with Gasteiger partial charge in [-0.15, -0.1) is 0 Å². The van der Waals surface area contributed by atoms with Gasteiger partial charge in [0.25, 0.3) is 5.91 Å². The predicted molar refractivity (Wildman–Crippen MR) is 140 cm³/mol. The van der Waals surface area contributed by atoms with E-state index in [1.165, 1.54) is 19.2 Å². The van der Waals surface area contributed by atoms with Crippen molar-refractivity contribution in [1.29, 1.82) is 0 Å². The van der Waals surface area contributed by atoms with Crippen LogP contribution in [0.3, 0.4) is 0 Å². The molecule has 194 valence electrons. The number of anilines is 1. The molecule has 0 saturated carbocycles. The summed E-state index contributed by atoms with van der Waals surface area (Å²) in [7, 11) is 1.24. The summed E-state index contributed by atoms with van der Waals surface area (Å²) in [4.78, 5) is 40.3. The molecule has 0 spiro atoms. The van der Waals surface area contributed by atoms with Crippen molar-refractivity contribution in [3.8, 4) is 0 Å². The third kappa shape index (κ3) is 11.9. The first-order valence-corrected chi connectivity index (χ1v) is 12.0. The van der Waals surface area contributed by atoms with Gasteiger partial charge in [-0.1, -0.05) is 63.0 Å². The largest absolute Gasteiger partial charge is 0.467 e. The number of ether oxygens (including phenoxy) is 2. The number of carbonyl (C=O) groups is 3. The quantitative estimate of drug-likeness (QED) is 0.337. The number of esters is 1. The van der Waals surface area contributed by atoms with Crippen LogP contribution in [0.15, 0.2) is 36.4 Å². The van der Waals surface area contributed by atoms with Crippen LogP contribution in [0.5, 0.6) is 0 Å². The van der Waals surface area contributed by atoms with Crippen LogP contribution in [0.2, 0.25) is 10.3 Å². The number of benzene rings is 1. The Bertz CT molecular complexity index is 961. The molecule has 35 heavy (non-hydrogen) atoms. The van der Waals surface area contributed by atoms with Crippen LogP contribution < -0.4 is 10.6 Å². The summed E-state index contributed by atoms with van der Waals surface area (Å²) in [5.41, 5.74) is 0.722. The molecule has 1 aromatic heterocycles. The number of alkyl carbamates (subject to hydrolysis) is 1. The van der Waals surface area contributed by atoms with E-state index in [1.807, 2.05) is 27.7 Å². The number of amides is 2. The fraction of sp³-hybridized carbons (Fsp3) is 0.440. The van der Waals surface area contributed by atoms with Gasteiger partial charge in [0, 0.05) is 12.1 Å². The van der Waals surface area contributed by atoms with Gasteiger partial charge in [0.1, 0.15) is 21.9 Å². The van der Waals surface area contributed by atoms with Crippen molar-refractivity contribution < 1.29 is 23.9 Å². The fourth-order valence-corrected chi connectivity index (χ4v) is 2.96. The monoisotopic (exact) mass is 527 g/mol. The summed E-state index contributed by atoms with van der Waals surface area (Å²) >= 11 is 11.7. The molecule has 0 radical (unpaired) electrons. The van der Waals surface area contributed by atoms with Gasteiger partial charge < -0.3 is 20.1 Å². The molecule has 1 aromatic carbocycles. The highest BCUT2D eigenvalue weighted by molar-refractivity contribution is 6.35. The molecule has 0 saturated heterocycles. The number of halogens is 2. The van der Waals surface area contributed by atoms with Crippen molar-refractivity contribution in [2.75, 3.05) is 12.4 Å². The smallest absolute Gasteiger partial charge is 0.408 e. The SMILES string of the molecule is CC.CC.COC(=O)C(Cc1ccc(NC(=O)c2ccc(Cl)nc2Cl)cc1)NC(=O)OC(C)(C)C. The van der Waals surface area contributed by atoms with Crippen LogP contribution >= 0.6 is 23.2 Å². The summed E-state index contributed by atoms with van der Waals surface area (Å²) in [6.07, 6.45) is -0.548. The fourth-order valence-electron chi connectivity index (χ4n) is 2.53. The first kappa shape index (κ1) is 32.2. The molecule has 0 aliphatic carbocycles. The van der Waals surface area contributed by atoms with E-state index >= 15 is 0 Å². The van der Waals surface area contributed by atoms with E-state index in [0.717, 1.165) is 5.56 Å². The Hall–Kier alpha value is -2.84. The maximum Gasteiger partial charge on any atom is 0.408 e. The van der Waals surface area contributed by atoms with Gasteiger partial charge >= 0.3 is 12.1 Å². The molecule has 2 aromatic rings. The Balaban J connectivity index is 0.00000274. The normalized spacial score (nSPS) is 10.9. The number of nitrogens with one attached hydrogen (secondary N) is 2. The Morgan fingerprint density at radius 1 is 0.971 bits per heavy atom.